The summed E-state index contributed by atoms with van der Waals surface area (Å²) in [5, 5.41) is 7.08. The van der Waals surface area contributed by atoms with Gasteiger partial charge in [0.25, 0.3) is 0 Å². The van der Waals surface area contributed by atoms with Gasteiger partial charge in [0.2, 0.25) is 20.0 Å². The minimum atomic E-state index is -4.09. The van der Waals surface area contributed by atoms with Gasteiger partial charge in [-0.2, -0.15) is 0 Å². The molecule has 0 saturated carbocycles. The number of carbonyl (C=O) groups is 1. The van der Waals surface area contributed by atoms with E-state index in [1.807, 2.05) is 0 Å². The highest BCUT2D eigenvalue weighted by atomic mass is 32.2. The van der Waals surface area contributed by atoms with Gasteiger partial charge < -0.3 is 5.11 Å². The highest BCUT2D eigenvalue weighted by Gasteiger charge is 2.27. The Morgan fingerprint density at radius 2 is 1.62 bits per heavy atom. The topological polar surface area (TPSA) is 121 Å². The molecule has 1 aromatic carbocycles. The van der Waals surface area contributed by atoms with Crippen LogP contribution in [0.1, 0.15) is 6.92 Å². The molecule has 0 heterocycles. The van der Waals surface area contributed by atoms with E-state index in [4.69, 9.17) is 5.11 Å². The molecule has 0 amide bonds. The van der Waals surface area contributed by atoms with Crippen LogP contribution in [-0.2, 0) is 24.8 Å². The number of anilines is 1. The van der Waals surface area contributed by atoms with Crippen LogP contribution in [0.3, 0.4) is 0 Å². The zero-order valence-electron chi connectivity index (χ0n) is 11.6. The molecule has 0 saturated heterocycles. The predicted molar refractivity (Wildman–Crippen MR) is 77.0 cm³/mol. The summed E-state index contributed by atoms with van der Waals surface area (Å²) < 4.78 is 50.2. The van der Waals surface area contributed by atoms with Gasteiger partial charge in [0.15, 0.2) is 5.25 Å². The Balaban J connectivity index is 3.03. The molecule has 0 radical (unpaired) electrons. The summed E-state index contributed by atoms with van der Waals surface area (Å²) in [6.45, 7) is 1.04. The molecule has 21 heavy (non-hydrogen) atoms. The molecule has 118 valence electrons. The van der Waals surface area contributed by atoms with Crippen LogP contribution in [0.25, 0.3) is 0 Å². The molecule has 1 aromatic rings. The zero-order chi connectivity index (χ0) is 16.4. The van der Waals surface area contributed by atoms with E-state index in [9.17, 15) is 21.6 Å². The van der Waals surface area contributed by atoms with Crippen molar-refractivity contribution in [1.82, 2.24) is 4.31 Å². The first kappa shape index (κ1) is 17.4. The first-order chi connectivity index (χ1) is 9.48. The Morgan fingerprint density at radius 1 is 1.14 bits per heavy atom. The van der Waals surface area contributed by atoms with Gasteiger partial charge in [-0.1, -0.05) is 0 Å². The molecule has 1 unspecified atom stereocenters. The van der Waals surface area contributed by atoms with Crippen molar-refractivity contribution < 1.29 is 26.7 Å². The monoisotopic (exact) mass is 336 g/mol. The van der Waals surface area contributed by atoms with E-state index in [0.29, 0.717) is 0 Å². The van der Waals surface area contributed by atoms with E-state index < -0.39 is 31.3 Å². The number of aliphatic carboxylic acids is 1. The van der Waals surface area contributed by atoms with Gasteiger partial charge >= 0.3 is 5.97 Å². The molecular weight excluding hydrogens is 320 g/mol. The maximum absolute atomic E-state index is 11.8. The van der Waals surface area contributed by atoms with Crippen molar-refractivity contribution >= 4 is 31.7 Å². The van der Waals surface area contributed by atoms with Crippen LogP contribution < -0.4 is 4.72 Å². The van der Waals surface area contributed by atoms with Crippen molar-refractivity contribution in [2.45, 2.75) is 17.1 Å². The lowest BCUT2D eigenvalue weighted by Crippen LogP contribution is -2.32. The third kappa shape index (κ3) is 3.93. The number of carboxylic acid groups (broad SMARTS) is 1. The third-order valence-electron chi connectivity index (χ3n) is 2.71. The molecule has 2 N–H and O–H groups in total. The van der Waals surface area contributed by atoms with Crippen molar-refractivity contribution in [3.63, 3.8) is 0 Å². The first-order valence-electron chi connectivity index (χ1n) is 5.75. The smallest absolute Gasteiger partial charge is 0.323 e. The second kappa shape index (κ2) is 6.00. The minimum absolute atomic E-state index is 0.00160. The average Bonchev–Trinajstić information content (AvgIpc) is 2.37. The van der Waals surface area contributed by atoms with Gasteiger partial charge in [0.05, 0.1) is 4.90 Å². The minimum Gasteiger partial charge on any atom is -0.480 e. The van der Waals surface area contributed by atoms with Crippen LogP contribution in [0.4, 0.5) is 5.69 Å². The fourth-order valence-electron chi connectivity index (χ4n) is 1.29. The number of nitrogens with one attached hydrogen (secondary N) is 1. The Bertz CT molecular complexity index is 722. The maximum atomic E-state index is 11.8. The van der Waals surface area contributed by atoms with Gasteiger partial charge in [-0.05, 0) is 31.2 Å². The van der Waals surface area contributed by atoms with Crippen LogP contribution >= 0.6 is 0 Å². The van der Waals surface area contributed by atoms with E-state index in [2.05, 4.69) is 4.72 Å². The summed E-state index contributed by atoms with van der Waals surface area (Å²) in [5.41, 5.74) is 0.0841. The molecular formula is C11H16N2O6S2. The number of hydrogen-bond acceptors (Lipinski definition) is 5. The molecule has 1 atom stereocenters. The zero-order valence-corrected chi connectivity index (χ0v) is 13.3. The van der Waals surface area contributed by atoms with Crippen LogP contribution in [0, 0.1) is 0 Å². The van der Waals surface area contributed by atoms with Crippen LogP contribution in [0.5, 0.6) is 0 Å². The van der Waals surface area contributed by atoms with E-state index in [1.165, 1.54) is 38.4 Å². The van der Waals surface area contributed by atoms with Gasteiger partial charge in [-0.25, -0.2) is 21.1 Å². The van der Waals surface area contributed by atoms with Crippen molar-refractivity contribution in [3.05, 3.63) is 24.3 Å². The standard InChI is InChI=1S/C11H16N2O6S2/c1-8(11(14)15)20(16,17)12-9-4-6-10(7-5-9)21(18,19)13(2)3/h4-8,12H,1-3H3,(H,14,15). The van der Waals surface area contributed by atoms with E-state index >= 15 is 0 Å². The average molecular weight is 336 g/mol. The Kier molecular flexibility index (Phi) is 4.97. The molecule has 0 aliphatic rings. The molecule has 1 rings (SSSR count). The summed E-state index contributed by atoms with van der Waals surface area (Å²) in [7, 11) is -4.94. The number of rotatable bonds is 6. The van der Waals surface area contributed by atoms with E-state index in [1.54, 1.807) is 0 Å². The number of hydrogen-bond donors (Lipinski definition) is 2. The lowest BCUT2D eigenvalue weighted by atomic mass is 10.3. The number of sulfonamides is 2. The normalized spacial score (nSPS) is 13.9. The van der Waals surface area contributed by atoms with E-state index in [0.717, 1.165) is 11.2 Å². The Labute approximate surface area is 123 Å². The van der Waals surface area contributed by atoms with Gasteiger partial charge in [0, 0.05) is 19.8 Å². The van der Waals surface area contributed by atoms with Crippen molar-refractivity contribution in [3.8, 4) is 0 Å². The molecule has 0 bridgehead atoms. The van der Waals surface area contributed by atoms with Gasteiger partial charge in [-0.3, -0.25) is 9.52 Å². The Hall–Kier alpha value is -1.65. The third-order valence-corrected chi connectivity index (χ3v) is 6.19. The molecule has 0 aliphatic heterocycles. The molecule has 0 fully saturated rings. The SMILES string of the molecule is CC(C(=O)O)S(=O)(=O)Nc1ccc(S(=O)(=O)N(C)C)cc1. The molecule has 0 aliphatic carbocycles. The Morgan fingerprint density at radius 3 is 2.00 bits per heavy atom. The number of nitrogens with zero attached hydrogens (tertiary/aromatic N) is 1. The highest BCUT2D eigenvalue weighted by molar-refractivity contribution is 7.94. The fourth-order valence-corrected chi connectivity index (χ4v) is 3.10. The molecule has 8 nitrogen and oxygen atoms in total. The second-order valence-corrected chi connectivity index (χ2v) is 8.59. The maximum Gasteiger partial charge on any atom is 0.323 e. The lowest BCUT2D eigenvalue weighted by molar-refractivity contribution is -0.136. The summed E-state index contributed by atoms with van der Waals surface area (Å²) in [6, 6.07) is 4.97. The van der Waals surface area contributed by atoms with Gasteiger partial charge in [-0.15, -0.1) is 0 Å². The predicted octanol–water partition coefficient (Wildman–Crippen LogP) is 0.152. The largest absolute Gasteiger partial charge is 0.480 e. The summed E-state index contributed by atoms with van der Waals surface area (Å²) in [5.74, 6) is -1.48. The summed E-state index contributed by atoms with van der Waals surface area (Å²) >= 11 is 0. The quantitative estimate of drug-likeness (QED) is 0.763. The second-order valence-electron chi connectivity index (χ2n) is 4.44. The number of carboxylic acids is 1. The lowest BCUT2D eigenvalue weighted by Gasteiger charge is -2.13. The van der Waals surface area contributed by atoms with Crippen molar-refractivity contribution in [2.75, 3.05) is 18.8 Å². The summed E-state index contributed by atoms with van der Waals surface area (Å²) in [4.78, 5) is 10.7. The highest BCUT2D eigenvalue weighted by Crippen LogP contribution is 2.18. The molecule has 0 spiro atoms. The first-order valence-corrected chi connectivity index (χ1v) is 8.74. The fraction of sp³-hybridized carbons (Fsp3) is 0.364. The van der Waals surface area contributed by atoms with Crippen LogP contribution in [0.15, 0.2) is 29.2 Å². The van der Waals surface area contributed by atoms with Crippen LogP contribution in [0.2, 0.25) is 0 Å². The molecule has 10 heteroatoms. The van der Waals surface area contributed by atoms with E-state index in [-0.39, 0.29) is 10.6 Å². The van der Waals surface area contributed by atoms with Crippen LogP contribution in [-0.4, -0.2) is 51.6 Å². The number of benzene rings is 1. The van der Waals surface area contributed by atoms with Crippen molar-refractivity contribution in [2.24, 2.45) is 0 Å². The molecule has 0 aromatic heterocycles. The van der Waals surface area contributed by atoms with Gasteiger partial charge in [0.1, 0.15) is 0 Å². The van der Waals surface area contributed by atoms with Crippen molar-refractivity contribution in [1.29, 1.82) is 0 Å². The summed E-state index contributed by atoms with van der Waals surface area (Å²) in [6.07, 6.45) is 0.